The molecule has 0 fully saturated rings. The number of hydrogen-bond donors (Lipinski definition) is 0. The average molecular weight is 196 g/mol. The summed E-state index contributed by atoms with van der Waals surface area (Å²) < 4.78 is 0. The fourth-order valence-electron chi connectivity index (χ4n) is 0.348. The second-order valence-corrected chi connectivity index (χ2v) is 3.85. The Labute approximate surface area is 91.4 Å². The van der Waals surface area contributed by atoms with Gasteiger partial charge >= 0.3 is 0 Å². The lowest BCUT2D eigenvalue weighted by molar-refractivity contribution is 0.816. The van der Waals surface area contributed by atoms with Gasteiger partial charge in [-0.15, -0.1) is 19.7 Å². The van der Waals surface area contributed by atoms with Gasteiger partial charge in [-0.1, -0.05) is 37.0 Å². The molecule has 0 aromatic carbocycles. The molecule has 0 unspecified atom stereocenters. The molecule has 0 aliphatic rings. The normalized spacial score (nSPS) is 7.21. The van der Waals surface area contributed by atoms with Crippen LogP contribution in [0.3, 0.4) is 0 Å². The Morgan fingerprint density at radius 2 is 1.29 bits per heavy atom. The smallest absolute Gasteiger partial charge is 0.0354 e. The molecule has 0 spiro atoms. The van der Waals surface area contributed by atoms with E-state index in [1.165, 1.54) is 30.4 Å². The lowest BCUT2D eigenvalue weighted by atomic mass is 10.3. The first-order chi connectivity index (χ1) is 6.38. The molecule has 0 N–H and O–H groups in total. The summed E-state index contributed by atoms with van der Waals surface area (Å²) in [5, 5.41) is 0. The van der Waals surface area contributed by atoms with Crippen LogP contribution >= 0.6 is 0 Å². The lowest BCUT2D eigenvalue weighted by Crippen LogP contribution is -1.61. The number of rotatable bonds is 3. The van der Waals surface area contributed by atoms with E-state index < -0.39 is 0 Å². The predicted octanol–water partition coefficient (Wildman–Crippen LogP) is 5.53. The van der Waals surface area contributed by atoms with Crippen molar-refractivity contribution in [3.05, 3.63) is 37.0 Å². The van der Waals surface area contributed by atoms with E-state index in [2.05, 4.69) is 26.7 Å². The van der Waals surface area contributed by atoms with E-state index in [-0.39, 0.29) is 0 Å². The number of allylic oxidation sites excluding steroid dienone is 3. The van der Waals surface area contributed by atoms with Gasteiger partial charge in [-0.05, 0) is 34.1 Å². The summed E-state index contributed by atoms with van der Waals surface area (Å²) in [5.74, 6) is 0. The summed E-state index contributed by atoms with van der Waals surface area (Å²) in [6, 6.07) is 0. The SMILES string of the molecule is C=C(C)C.C=C(C)C.C=CCCCC. The van der Waals surface area contributed by atoms with Crippen molar-refractivity contribution in [2.75, 3.05) is 0 Å². The first-order valence-corrected chi connectivity index (χ1v) is 5.23. The highest BCUT2D eigenvalue weighted by Gasteiger charge is 1.71. The third-order valence-electron chi connectivity index (χ3n) is 0.762. The third-order valence-corrected chi connectivity index (χ3v) is 0.762. The average Bonchev–Trinajstić information content (AvgIpc) is 1.98. The quantitative estimate of drug-likeness (QED) is 0.411. The molecule has 0 heterocycles. The fourth-order valence-corrected chi connectivity index (χ4v) is 0.348. The highest BCUT2D eigenvalue weighted by molar-refractivity contribution is 4.79. The molecule has 0 aromatic rings. The van der Waals surface area contributed by atoms with Gasteiger partial charge in [0.2, 0.25) is 0 Å². The van der Waals surface area contributed by atoms with Crippen LogP contribution in [0.15, 0.2) is 37.0 Å². The first-order valence-electron chi connectivity index (χ1n) is 5.23. The molecule has 0 atom stereocenters. The molecule has 0 radical (unpaired) electrons. The maximum Gasteiger partial charge on any atom is -0.0354 e. The minimum atomic E-state index is 1.17. The molecule has 84 valence electrons. The fraction of sp³-hybridized carbons (Fsp3) is 0.571. The molecule has 0 aliphatic heterocycles. The van der Waals surface area contributed by atoms with Crippen molar-refractivity contribution < 1.29 is 0 Å². The minimum Gasteiger partial charge on any atom is -0.103 e. The largest absolute Gasteiger partial charge is 0.103 e. The zero-order chi connectivity index (χ0) is 12.0. The molecule has 0 nitrogen and oxygen atoms in total. The van der Waals surface area contributed by atoms with Crippen LogP contribution in [0, 0.1) is 0 Å². The summed E-state index contributed by atoms with van der Waals surface area (Å²) in [4.78, 5) is 0. The van der Waals surface area contributed by atoms with Crippen molar-refractivity contribution >= 4 is 0 Å². The molecule has 0 bridgehead atoms. The van der Waals surface area contributed by atoms with Crippen LogP contribution in [0.25, 0.3) is 0 Å². The van der Waals surface area contributed by atoms with E-state index in [0.29, 0.717) is 0 Å². The van der Waals surface area contributed by atoms with Crippen LogP contribution in [0.5, 0.6) is 0 Å². The summed E-state index contributed by atoms with van der Waals surface area (Å²) in [7, 11) is 0. The van der Waals surface area contributed by atoms with Gasteiger partial charge in [-0.25, -0.2) is 0 Å². The first kappa shape index (κ1) is 18.9. The van der Waals surface area contributed by atoms with Crippen LogP contribution in [-0.2, 0) is 0 Å². The Morgan fingerprint density at radius 3 is 1.36 bits per heavy atom. The van der Waals surface area contributed by atoms with E-state index in [4.69, 9.17) is 0 Å². The number of unbranched alkanes of at least 4 members (excludes halogenated alkanes) is 2. The monoisotopic (exact) mass is 196 g/mol. The Morgan fingerprint density at radius 1 is 1.00 bits per heavy atom. The van der Waals surface area contributed by atoms with E-state index in [9.17, 15) is 0 Å². The van der Waals surface area contributed by atoms with Crippen molar-refractivity contribution in [2.24, 2.45) is 0 Å². The third kappa shape index (κ3) is 238. The molecule has 0 rings (SSSR count). The zero-order valence-electron chi connectivity index (χ0n) is 10.8. The van der Waals surface area contributed by atoms with Gasteiger partial charge in [-0.3, -0.25) is 0 Å². The highest BCUT2D eigenvalue weighted by atomic mass is 13.8. The van der Waals surface area contributed by atoms with E-state index in [0.717, 1.165) is 0 Å². The van der Waals surface area contributed by atoms with Gasteiger partial charge in [0.15, 0.2) is 0 Å². The van der Waals surface area contributed by atoms with Crippen molar-refractivity contribution in [3.63, 3.8) is 0 Å². The molecule has 0 saturated carbocycles. The standard InChI is InChI=1S/C6H12.2C4H8/c1-3-5-6-4-2;2*1-4(2)3/h3H,1,4-6H2,2H3;2*1H2,2-3H3. The van der Waals surface area contributed by atoms with Crippen molar-refractivity contribution in [1.82, 2.24) is 0 Å². The van der Waals surface area contributed by atoms with Gasteiger partial charge in [0.25, 0.3) is 0 Å². The molecule has 0 amide bonds. The lowest BCUT2D eigenvalue weighted by Gasteiger charge is -1.81. The maximum absolute atomic E-state index is 3.60. The summed E-state index contributed by atoms with van der Waals surface area (Å²) in [6.07, 6.45) is 5.72. The number of hydrogen-bond acceptors (Lipinski definition) is 0. The second kappa shape index (κ2) is 18.1. The molecule has 0 aliphatic carbocycles. The Bertz CT molecular complexity index is 120. The molecule has 0 aromatic heterocycles. The van der Waals surface area contributed by atoms with E-state index >= 15 is 0 Å². The topological polar surface area (TPSA) is 0 Å². The predicted molar refractivity (Wildman–Crippen MR) is 70.7 cm³/mol. The van der Waals surface area contributed by atoms with Crippen molar-refractivity contribution in [1.29, 1.82) is 0 Å². The summed E-state index contributed by atoms with van der Waals surface area (Å²) in [5.41, 5.74) is 2.33. The van der Waals surface area contributed by atoms with Crippen molar-refractivity contribution in [2.45, 2.75) is 53.9 Å². The van der Waals surface area contributed by atoms with Crippen LogP contribution in [0.1, 0.15) is 53.9 Å². The van der Waals surface area contributed by atoms with Crippen LogP contribution in [0.2, 0.25) is 0 Å². The van der Waals surface area contributed by atoms with E-state index in [1.54, 1.807) is 0 Å². The van der Waals surface area contributed by atoms with Crippen LogP contribution in [-0.4, -0.2) is 0 Å². The van der Waals surface area contributed by atoms with Gasteiger partial charge < -0.3 is 0 Å². The highest BCUT2D eigenvalue weighted by Crippen LogP contribution is 1.91. The Kier molecular flexibility index (Phi) is 24.4. The Balaban J connectivity index is -0.000000135. The minimum absolute atomic E-state index is 1.17. The van der Waals surface area contributed by atoms with Gasteiger partial charge in [-0.2, -0.15) is 0 Å². The van der Waals surface area contributed by atoms with Gasteiger partial charge in [0, 0.05) is 0 Å². The molecule has 0 saturated heterocycles. The summed E-state index contributed by atoms with van der Waals surface area (Å²) >= 11 is 0. The second-order valence-electron chi connectivity index (χ2n) is 3.85. The van der Waals surface area contributed by atoms with Crippen LogP contribution in [0.4, 0.5) is 0 Å². The van der Waals surface area contributed by atoms with Gasteiger partial charge in [0.05, 0.1) is 0 Å². The Hall–Kier alpha value is -0.780. The zero-order valence-corrected chi connectivity index (χ0v) is 10.8. The van der Waals surface area contributed by atoms with Crippen LogP contribution < -0.4 is 0 Å². The maximum atomic E-state index is 3.60. The van der Waals surface area contributed by atoms with E-state index in [1.807, 2.05) is 33.8 Å². The van der Waals surface area contributed by atoms with Gasteiger partial charge in [0.1, 0.15) is 0 Å². The van der Waals surface area contributed by atoms with Crippen molar-refractivity contribution in [3.8, 4) is 0 Å². The molecular formula is C14H28. The molecule has 14 heavy (non-hydrogen) atoms. The molecular weight excluding hydrogens is 168 g/mol. The summed E-state index contributed by atoms with van der Waals surface area (Å²) in [6.45, 7) is 20.8. The molecule has 0 heteroatoms.